The summed E-state index contributed by atoms with van der Waals surface area (Å²) >= 11 is 3.54. The van der Waals surface area contributed by atoms with Gasteiger partial charge in [0.2, 0.25) is 0 Å². The molecule has 1 aromatic heterocycles. The molecule has 1 aromatic carbocycles. The Morgan fingerprint density at radius 3 is 2.43 bits per heavy atom. The number of anilines is 1. The van der Waals surface area contributed by atoms with Crippen LogP contribution in [0.1, 0.15) is 19.8 Å². The molecular weight excluding hydrogens is 334 g/mol. The average Bonchev–Trinajstić information content (AvgIpc) is 2.63. The third-order valence-electron chi connectivity index (χ3n) is 4.49. The zero-order chi connectivity index (χ0) is 15.4. The van der Waals surface area contributed by atoms with Crippen LogP contribution in [0.15, 0.2) is 21.4 Å². The van der Waals surface area contributed by atoms with Crippen molar-refractivity contribution in [2.45, 2.75) is 25.4 Å². The lowest BCUT2D eigenvalue weighted by Gasteiger charge is -2.37. The summed E-state index contributed by atoms with van der Waals surface area (Å²) in [5.74, 6) is 0. The van der Waals surface area contributed by atoms with Gasteiger partial charge in [0.05, 0.1) is 22.3 Å². The predicted molar refractivity (Wildman–Crippen MR) is 87.9 cm³/mol. The number of piperidine rings is 1. The molecule has 0 atom stereocenters. The monoisotopic (exact) mass is 353 g/mol. The number of aryl methyl sites for hydroxylation is 2. The number of hydrogen-bond acceptors (Lipinski definition) is 3. The van der Waals surface area contributed by atoms with Crippen LogP contribution in [0.4, 0.5) is 5.69 Å². The second kappa shape index (κ2) is 4.88. The van der Waals surface area contributed by atoms with Gasteiger partial charge in [0, 0.05) is 31.7 Å². The van der Waals surface area contributed by atoms with Crippen molar-refractivity contribution in [3.8, 4) is 0 Å². The van der Waals surface area contributed by atoms with Crippen LogP contribution in [-0.4, -0.2) is 32.9 Å². The fourth-order valence-corrected chi connectivity index (χ4v) is 3.50. The van der Waals surface area contributed by atoms with E-state index in [-0.39, 0.29) is 5.69 Å². The number of aromatic nitrogens is 2. The van der Waals surface area contributed by atoms with E-state index in [0.29, 0.717) is 0 Å². The van der Waals surface area contributed by atoms with Gasteiger partial charge in [-0.15, -0.1) is 0 Å². The lowest BCUT2D eigenvalue weighted by molar-refractivity contribution is 0.0352. The van der Waals surface area contributed by atoms with Crippen LogP contribution < -0.4 is 10.6 Å². The molecule has 114 valence electrons. The molecule has 1 saturated heterocycles. The summed E-state index contributed by atoms with van der Waals surface area (Å²) in [4.78, 5) is 14.4. The molecule has 0 spiro atoms. The molecule has 2 aromatic rings. The van der Waals surface area contributed by atoms with Crippen LogP contribution in [0, 0.1) is 0 Å². The van der Waals surface area contributed by atoms with Gasteiger partial charge in [-0.1, -0.05) is 15.9 Å². The van der Waals surface area contributed by atoms with E-state index in [2.05, 4.69) is 26.9 Å². The van der Waals surface area contributed by atoms with Gasteiger partial charge in [-0.2, -0.15) is 0 Å². The summed E-state index contributed by atoms with van der Waals surface area (Å²) in [6.45, 7) is 3.47. The second-order valence-corrected chi connectivity index (χ2v) is 7.09. The van der Waals surface area contributed by atoms with Crippen LogP contribution >= 0.6 is 15.9 Å². The van der Waals surface area contributed by atoms with E-state index < -0.39 is 5.60 Å². The highest BCUT2D eigenvalue weighted by molar-refractivity contribution is 9.10. The van der Waals surface area contributed by atoms with Gasteiger partial charge in [0.1, 0.15) is 0 Å². The summed E-state index contributed by atoms with van der Waals surface area (Å²) in [5, 5.41) is 10.1. The molecule has 0 bridgehead atoms. The van der Waals surface area contributed by atoms with E-state index in [9.17, 15) is 9.90 Å². The van der Waals surface area contributed by atoms with E-state index in [1.807, 2.05) is 20.0 Å². The molecule has 5 nitrogen and oxygen atoms in total. The molecule has 0 amide bonds. The van der Waals surface area contributed by atoms with Gasteiger partial charge >= 0.3 is 5.69 Å². The highest BCUT2D eigenvalue weighted by Crippen LogP contribution is 2.33. The number of halogens is 1. The van der Waals surface area contributed by atoms with Crippen molar-refractivity contribution in [1.29, 1.82) is 0 Å². The molecule has 1 fully saturated rings. The van der Waals surface area contributed by atoms with Gasteiger partial charge in [0.15, 0.2) is 0 Å². The van der Waals surface area contributed by atoms with E-state index in [0.717, 1.165) is 47.1 Å². The Kier molecular flexibility index (Phi) is 3.41. The molecule has 1 aliphatic rings. The molecule has 1 aliphatic heterocycles. The van der Waals surface area contributed by atoms with Crippen molar-refractivity contribution in [3.63, 3.8) is 0 Å². The van der Waals surface area contributed by atoms with Gasteiger partial charge in [0.25, 0.3) is 0 Å². The van der Waals surface area contributed by atoms with E-state index in [1.165, 1.54) is 0 Å². The number of benzene rings is 1. The molecule has 3 rings (SSSR count). The van der Waals surface area contributed by atoms with Gasteiger partial charge in [-0.25, -0.2) is 4.79 Å². The number of nitrogens with zero attached hydrogens (tertiary/aromatic N) is 3. The molecule has 0 saturated carbocycles. The summed E-state index contributed by atoms with van der Waals surface area (Å²) in [5.41, 5.74) is 2.32. The first kappa shape index (κ1) is 14.7. The lowest BCUT2D eigenvalue weighted by Crippen LogP contribution is -2.42. The first-order chi connectivity index (χ1) is 9.80. The van der Waals surface area contributed by atoms with E-state index in [4.69, 9.17) is 0 Å². The molecule has 21 heavy (non-hydrogen) atoms. The molecule has 0 aliphatic carbocycles. The zero-order valence-electron chi connectivity index (χ0n) is 12.6. The topological polar surface area (TPSA) is 50.4 Å². The van der Waals surface area contributed by atoms with Gasteiger partial charge in [-0.05, 0) is 31.9 Å². The summed E-state index contributed by atoms with van der Waals surface area (Å²) in [6.07, 6.45) is 1.48. The third-order valence-corrected chi connectivity index (χ3v) is 4.94. The maximum atomic E-state index is 12.2. The minimum Gasteiger partial charge on any atom is -0.390 e. The van der Waals surface area contributed by atoms with Crippen LogP contribution in [0.25, 0.3) is 11.0 Å². The SMILES string of the molecule is Cn1c(=O)n(C)c2c(N3CCC(C)(O)CC3)cc(Br)cc21. The van der Waals surface area contributed by atoms with E-state index >= 15 is 0 Å². The van der Waals surface area contributed by atoms with Crippen molar-refractivity contribution in [1.82, 2.24) is 9.13 Å². The Hall–Kier alpha value is -1.27. The van der Waals surface area contributed by atoms with Gasteiger partial charge in [-0.3, -0.25) is 9.13 Å². The first-order valence-corrected chi connectivity index (χ1v) is 7.92. The van der Waals surface area contributed by atoms with Crippen LogP contribution in [0.2, 0.25) is 0 Å². The molecular formula is C15H20BrN3O2. The van der Waals surface area contributed by atoms with Crippen LogP contribution in [0.3, 0.4) is 0 Å². The van der Waals surface area contributed by atoms with Crippen molar-refractivity contribution >= 4 is 32.7 Å². The number of rotatable bonds is 1. The van der Waals surface area contributed by atoms with Gasteiger partial charge < -0.3 is 10.0 Å². The number of fused-ring (bicyclic) bond motifs is 1. The van der Waals surface area contributed by atoms with Crippen molar-refractivity contribution < 1.29 is 5.11 Å². The van der Waals surface area contributed by atoms with Crippen molar-refractivity contribution in [3.05, 3.63) is 27.1 Å². The Morgan fingerprint density at radius 1 is 1.19 bits per heavy atom. The lowest BCUT2D eigenvalue weighted by atomic mass is 9.93. The molecule has 0 unspecified atom stereocenters. The Morgan fingerprint density at radius 2 is 1.81 bits per heavy atom. The molecule has 1 N–H and O–H groups in total. The third kappa shape index (κ3) is 2.40. The highest BCUT2D eigenvalue weighted by Gasteiger charge is 2.29. The number of imidazole rings is 1. The van der Waals surface area contributed by atoms with Crippen LogP contribution in [-0.2, 0) is 14.1 Å². The van der Waals surface area contributed by atoms with E-state index in [1.54, 1.807) is 16.2 Å². The van der Waals surface area contributed by atoms with Crippen molar-refractivity contribution in [2.75, 3.05) is 18.0 Å². The van der Waals surface area contributed by atoms with Crippen LogP contribution in [0.5, 0.6) is 0 Å². The normalized spacial score (nSPS) is 18.4. The minimum absolute atomic E-state index is 0.0200. The Balaban J connectivity index is 2.15. The highest BCUT2D eigenvalue weighted by atomic mass is 79.9. The largest absolute Gasteiger partial charge is 0.390 e. The standard InChI is InChI=1S/C15H20BrN3O2/c1-15(21)4-6-19(7-5-15)12-9-10(16)8-11-13(12)18(3)14(20)17(11)2/h8-9,21H,4-7H2,1-3H3. The number of hydrogen-bond donors (Lipinski definition) is 1. The molecule has 6 heteroatoms. The molecule has 0 radical (unpaired) electrons. The Bertz CT molecular complexity index is 750. The Labute approximate surface area is 131 Å². The molecule has 2 heterocycles. The average molecular weight is 354 g/mol. The maximum Gasteiger partial charge on any atom is 0.328 e. The van der Waals surface area contributed by atoms with Crippen molar-refractivity contribution in [2.24, 2.45) is 14.1 Å². The zero-order valence-corrected chi connectivity index (χ0v) is 14.1. The fraction of sp³-hybridized carbons (Fsp3) is 0.533. The fourth-order valence-electron chi connectivity index (χ4n) is 3.06. The smallest absolute Gasteiger partial charge is 0.328 e. The predicted octanol–water partition coefficient (Wildman–Crippen LogP) is 1.99. The summed E-state index contributed by atoms with van der Waals surface area (Å²) in [6, 6.07) is 4.03. The first-order valence-electron chi connectivity index (χ1n) is 7.12. The minimum atomic E-state index is -0.579. The quantitative estimate of drug-likeness (QED) is 0.852. The second-order valence-electron chi connectivity index (χ2n) is 6.18. The number of aliphatic hydroxyl groups is 1. The summed E-state index contributed by atoms with van der Waals surface area (Å²) < 4.78 is 4.33. The maximum absolute atomic E-state index is 12.2. The summed E-state index contributed by atoms with van der Waals surface area (Å²) in [7, 11) is 3.60.